The molecule has 0 saturated heterocycles. The van der Waals surface area contributed by atoms with Crippen LogP contribution in [0.25, 0.3) is 11.0 Å². The fourth-order valence-electron chi connectivity index (χ4n) is 2.85. The number of ether oxygens (including phenoxy) is 1. The molecule has 25 heavy (non-hydrogen) atoms. The second-order valence-corrected chi connectivity index (χ2v) is 6.03. The second-order valence-electron chi connectivity index (χ2n) is 6.03. The smallest absolute Gasteiger partial charge is 0.411 e. The molecule has 0 bridgehead atoms. The number of carbonyl (C=O) groups is 1. The second kappa shape index (κ2) is 7.25. The normalized spacial score (nSPS) is 10.9. The van der Waals surface area contributed by atoms with E-state index < -0.39 is 6.09 Å². The maximum Gasteiger partial charge on any atom is 0.411 e. The van der Waals surface area contributed by atoms with E-state index in [1.165, 1.54) is 7.11 Å². The van der Waals surface area contributed by atoms with Gasteiger partial charge in [-0.2, -0.15) is 0 Å². The van der Waals surface area contributed by atoms with Crippen LogP contribution in [0.4, 0.5) is 16.2 Å². The molecular weight excluding hydrogens is 316 g/mol. The van der Waals surface area contributed by atoms with Gasteiger partial charge in [-0.15, -0.1) is 0 Å². The van der Waals surface area contributed by atoms with E-state index in [-0.39, 0.29) is 0 Å². The van der Waals surface area contributed by atoms with Gasteiger partial charge in [0, 0.05) is 17.4 Å². The van der Waals surface area contributed by atoms with Crippen molar-refractivity contribution >= 4 is 28.5 Å². The first-order valence-corrected chi connectivity index (χ1v) is 8.23. The minimum atomic E-state index is -0.487. The molecular formula is C19H22N4O2. The van der Waals surface area contributed by atoms with Gasteiger partial charge in [-0.25, -0.2) is 9.78 Å². The molecule has 3 rings (SSSR count). The Kier molecular flexibility index (Phi) is 4.88. The summed E-state index contributed by atoms with van der Waals surface area (Å²) in [6.45, 7) is 4.89. The number of hydrogen-bond acceptors (Lipinski definition) is 4. The lowest BCUT2D eigenvalue weighted by Gasteiger charge is -2.14. The molecule has 3 aromatic rings. The molecule has 1 heterocycles. The number of anilines is 2. The maximum absolute atomic E-state index is 11.3. The molecule has 130 valence electrons. The third-order valence-electron chi connectivity index (χ3n) is 3.93. The van der Waals surface area contributed by atoms with Gasteiger partial charge in [-0.3, -0.25) is 5.32 Å². The quantitative estimate of drug-likeness (QED) is 0.723. The van der Waals surface area contributed by atoms with Crippen molar-refractivity contribution in [3.05, 3.63) is 54.4 Å². The van der Waals surface area contributed by atoms with Crippen LogP contribution in [-0.4, -0.2) is 22.8 Å². The molecule has 6 heteroatoms. The molecule has 0 saturated carbocycles. The highest BCUT2D eigenvalue weighted by atomic mass is 16.5. The average molecular weight is 338 g/mol. The zero-order valence-electron chi connectivity index (χ0n) is 14.6. The van der Waals surface area contributed by atoms with Crippen molar-refractivity contribution in [2.24, 2.45) is 0 Å². The zero-order chi connectivity index (χ0) is 17.8. The van der Waals surface area contributed by atoms with Gasteiger partial charge in [-0.05, 0) is 44.2 Å². The summed E-state index contributed by atoms with van der Waals surface area (Å²) in [5, 5.41) is 6.03. The van der Waals surface area contributed by atoms with Crippen LogP contribution in [0, 0.1) is 0 Å². The molecule has 1 aromatic heterocycles. The van der Waals surface area contributed by atoms with Gasteiger partial charge in [0.25, 0.3) is 0 Å². The van der Waals surface area contributed by atoms with Gasteiger partial charge in [0.2, 0.25) is 0 Å². The average Bonchev–Trinajstić information content (AvgIpc) is 2.98. The van der Waals surface area contributed by atoms with Crippen LogP contribution in [0.5, 0.6) is 0 Å². The summed E-state index contributed by atoms with van der Waals surface area (Å²) in [4.78, 5) is 16.1. The number of amides is 1. The van der Waals surface area contributed by atoms with E-state index in [2.05, 4.69) is 39.9 Å². The van der Waals surface area contributed by atoms with Gasteiger partial charge < -0.3 is 14.6 Å². The Hall–Kier alpha value is -3.02. The van der Waals surface area contributed by atoms with E-state index in [9.17, 15) is 4.79 Å². The number of benzene rings is 2. The Balaban J connectivity index is 1.80. The summed E-state index contributed by atoms with van der Waals surface area (Å²) >= 11 is 0. The number of carbonyl (C=O) groups excluding carboxylic acids is 1. The highest BCUT2D eigenvalue weighted by molar-refractivity contribution is 5.85. The van der Waals surface area contributed by atoms with E-state index in [0.29, 0.717) is 18.3 Å². The Morgan fingerprint density at radius 3 is 2.68 bits per heavy atom. The van der Waals surface area contributed by atoms with E-state index in [1.54, 1.807) is 0 Å². The van der Waals surface area contributed by atoms with E-state index in [1.807, 2.05) is 42.5 Å². The number of fused-ring (bicyclic) bond motifs is 1. The third kappa shape index (κ3) is 3.74. The largest absolute Gasteiger partial charge is 0.453 e. The molecule has 0 aliphatic carbocycles. The summed E-state index contributed by atoms with van der Waals surface area (Å²) < 4.78 is 6.85. The van der Waals surface area contributed by atoms with E-state index >= 15 is 0 Å². The van der Waals surface area contributed by atoms with Crippen LogP contribution in [0.1, 0.15) is 25.7 Å². The molecule has 0 fully saturated rings. The fourth-order valence-corrected chi connectivity index (χ4v) is 2.85. The van der Waals surface area contributed by atoms with Gasteiger partial charge in [0.05, 0.1) is 24.7 Å². The molecule has 0 spiro atoms. The number of nitrogens with zero attached hydrogens (tertiary/aromatic N) is 2. The summed E-state index contributed by atoms with van der Waals surface area (Å²) in [5.41, 5.74) is 3.70. The molecule has 1 amide bonds. The Labute approximate surface area is 146 Å². The van der Waals surface area contributed by atoms with Gasteiger partial charge in [0.1, 0.15) is 5.82 Å². The fraction of sp³-hybridized carbons (Fsp3) is 0.263. The minimum absolute atomic E-state index is 0.316. The van der Waals surface area contributed by atoms with Crippen LogP contribution in [-0.2, 0) is 11.3 Å². The third-order valence-corrected chi connectivity index (χ3v) is 3.93. The van der Waals surface area contributed by atoms with Crippen LogP contribution in [0.2, 0.25) is 0 Å². The lowest BCUT2D eigenvalue weighted by atomic mass is 10.2. The standard InChI is InChI=1S/C19H22N4O2/c1-13(2)23-17-10-5-4-9-16(17)22-18(23)12-20-14-7-6-8-15(11-14)21-19(24)25-3/h4-11,13,20H,12H2,1-3H3,(H,21,24). The Bertz CT molecular complexity index is 886. The number of methoxy groups -OCH3 is 1. The van der Waals surface area contributed by atoms with E-state index in [0.717, 1.165) is 22.5 Å². The first-order chi connectivity index (χ1) is 12.1. The number of aromatic nitrogens is 2. The first-order valence-electron chi connectivity index (χ1n) is 8.23. The molecule has 0 aliphatic rings. The number of nitrogens with one attached hydrogen (secondary N) is 2. The number of imidazole rings is 1. The van der Waals surface area contributed by atoms with Crippen molar-refractivity contribution in [1.82, 2.24) is 9.55 Å². The molecule has 0 unspecified atom stereocenters. The molecule has 6 nitrogen and oxygen atoms in total. The van der Waals surface area contributed by atoms with Gasteiger partial charge in [0.15, 0.2) is 0 Å². The van der Waals surface area contributed by atoms with Crippen molar-refractivity contribution in [1.29, 1.82) is 0 Å². The highest BCUT2D eigenvalue weighted by Gasteiger charge is 2.12. The van der Waals surface area contributed by atoms with Gasteiger partial charge in [-0.1, -0.05) is 18.2 Å². The summed E-state index contributed by atoms with van der Waals surface area (Å²) in [7, 11) is 1.34. The summed E-state index contributed by atoms with van der Waals surface area (Å²) in [6.07, 6.45) is -0.487. The van der Waals surface area contributed by atoms with Crippen LogP contribution >= 0.6 is 0 Å². The lowest BCUT2D eigenvalue weighted by molar-refractivity contribution is 0.187. The molecule has 0 atom stereocenters. The van der Waals surface area contributed by atoms with Crippen molar-refractivity contribution in [3.8, 4) is 0 Å². The highest BCUT2D eigenvalue weighted by Crippen LogP contribution is 2.22. The van der Waals surface area contributed by atoms with Crippen molar-refractivity contribution in [3.63, 3.8) is 0 Å². The Morgan fingerprint density at radius 2 is 1.92 bits per heavy atom. The van der Waals surface area contributed by atoms with Crippen LogP contribution in [0.15, 0.2) is 48.5 Å². The monoisotopic (exact) mass is 338 g/mol. The first kappa shape index (κ1) is 16.8. The van der Waals surface area contributed by atoms with Crippen LogP contribution < -0.4 is 10.6 Å². The number of para-hydroxylation sites is 2. The number of rotatable bonds is 5. The lowest BCUT2D eigenvalue weighted by Crippen LogP contribution is -2.12. The predicted octanol–water partition coefficient (Wildman–Crippen LogP) is 4.41. The zero-order valence-corrected chi connectivity index (χ0v) is 14.6. The minimum Gasteiger partial charge on any atom is -0.453 e. The summed E-state index contributed by atoms with van der Waals surface area (Å²) in [6, 6.07) is 16.0. The SMILES string of the molecule is COC(=O)Nc1cccc(NCc2nc3ccccc3n2C(C)C)c1. The molecule has 0 aliphatic heterocycles. The molecule has 2 N–H and O–H groups in total. The number of hydrogen-bond donors (Lipinski definition) is 2. The topological polar surface area (TPSA) is 68.2 Å². The predicted molar refractivity (Wildman–Crippen MR) is 99.9 cm³/mol. The van der Waals surface area contributed by atoms with Gasteiger partial charge >= 0.3 is 6.09 Å². The van der Waals surface area contributed by atoms with E-state index in [4.69, 9.17) is 4.98 Å². The molecule has 2 aromatic carbocycles. The maximum atomic E-state index is 11.3. The van der Waals surface area contributed by atoms with Crippen molar-refractivity contribution < 1.29 is 9.53 Å². The van der Waals surface area contributed by atoms with Crippen LogP contribution in [0.3, 0.4) is 0 Å². The van der Waals surface area contributed by atoms with Crippen molar-refractivity contribution in [2.45, 2.75) is 26.4 Å². The summed E-state index contributed by atoms with van der Waals surface area (Å²) in [5.74, 6) is 0.975. The van der Waals surface area contributed by atoms with Crippen molar-refractivity contribution in [2.75, 3.05) is 17.7 Å². The molecule has 0 radical (unpaired) electrons. The Morgan fingerprint density at radius 1 is 1.16 bits per heavy atom.